The van der Waals surface area contributed by atoms with Gasteiger partial charge in [-0.2, -0.15) is 0 Å². The zero-order valence-corrected chi connectivity index (χ0v) is 13.2. The van der Waals surface area contributed by atoms with Gasteiger partial charge in [0.15, 0.2) is 22.5 Å². The molecule has 0 atom stereocenters. The van der Waals surface area contributed by atoms with Crippen LogP contribution in [0.2, 0.25) is 0 Å². The number of imidazole rings is 1. The van der Waals surface area contributed by atoms with E-state index in [4.69, 9.17) is 4.42 Å². The van der Waals surface area contributed by atoms with Crippen molar-refractivity contribution in [2.75, 3.05) is 0 Å². The van der Waals surface area contributed by atoms with Crippen LogP contribution in [-0.4, -0.2) is 9.55 Å². The third-order valence-electron chi connectivity index (χ3n) is 4.32. The lowest BCUT2D eigenvalue weighted by Crippen LogP contribution is -2.30. The van der Waals surface area contributed by atoms with Gasteiger partial charge in [-0.05, 0) is 36.8 Å². The van der Waals surface area contributed by atoms with E-state index in [1.807, 2.05) is 6.92 Å². The SMILES string of the molecule is Cc1nc2cc(-c3n(C)c4ccccc4[n+]3C)c(C)cc2o1. The topological polar surface area (TPSA) is 34.8 Å². The molecule has 0 amide bonds. The Morgan fingerprint density at radius 2 is 1.91 bits per heavy atom. The van der Waals surface area contributed by atoms with E-state index in [1.54, 1.807) is 0 Å². The minimum Gasteiger partial charge on any atom is -0.441 e. The van der Waals surface area contributed by atoms with Crippen molar-refractivity contribution in [3.8, 4) is 11.4 Å². The van der Waals surface area contributed by atoms with E-state index in [-0.39, 0.29) is 0 Å². The van der Waals surface area contributed by atoms with E-state index >= 15 is 0 Å². The number of rotatable bonds is 1. The Hall–Kier alpha value is -2.62. The molecule has 2 aromatic carbocycles. The summed E-state index contributed by atoms with van der Waals surface area (Å²) in [6, 6.07) is 12.6. The van der Waals surface area contributed by atoms with Gasteiger partial charge >= 0.3 is 0 Å². The van der Waals surface area contributed by atoms with Gasteiger partial charge in [0.1, 0.15) is 5.52 Å². The third kappa shape index (κ3) is 1.70. The molecule has 0 saturated carbocycles. The van der Waals surface area contributed by atoms with Crippen LogP contribution in [0.5, 0.6) is 0 Å². The fourth-order valence-corrected chi connectivity index (χ4v) is 3.28. The largest absolute Gasteiger partial charge is 0.441 e. The monoisotopic (exact) mass is 292 g/mol. The summed E-state index contributed by atoms with van der Waals surface area (Å²) in [5.74, 6) is 1.87. The lowest BCUT2D eigenvalue weighted by Gasteiger charge is -2.03. The highest BCUT2D eigenvalue weighted by atomic mass is 16.3. The van der Waals surface area contributed by atoms with Gasteiger partial charge in [-0.25, -0.2) is 14.1 Å². The van der Waals surface area contributed by atoms with Crippen LogP contribution in [-0.2, 0) is 14.1 Å². The number of benzene rings is 2. The second-order valence-electron chi connectivity index (χ2n) is 5.80. The Morgan fingerprint density at radius 3 is 2.68 bits per heavy atom. The van der Waals surface area contributed by atoms with E-state index < -0.39 is 0 Å². The van der Waals surface area contributed by atoms with Crippen LogP contribution in [0.1, 0.15) is 11.5 Å². The van der Waals surface area contributed by atoms with E-state index in [2.05, 4.69) is 71.5 Å². The number of hydrogen-bond donors (Lipinski definition) is 0. The molecule has 0 aliphatic rings. The molecule has 0 radical (unpaired) electrons. The maximum Gasteiger partial charge on any atom is 0.289 e. The van der Waals surface area contributed by atoms with Gasteiger partial charge in [0.25, 0.3) is 5.82 Å². The highest BCUT2D eigenvalue weighted by molar-refractivity contribution is 5.83. The summed E-state index contributed by atoms with van der Waals surface area (Å²) >= 11 is 0. The molecule has 0 unspecified atom stereocenters. The molecule has 2 heterocycles. The van der Waals surface area contributed by atoms with Gasteiger partial charge < -0.3 is 4.42 Å². The Labute approximate surface area is 128 Å². The maximum absolute atomic E-state index is 5.63. The van der Waals surface area contributed by atoms with Crippen molar-refractivity contribution < 1.29 is 8.98 Å². The summed E-state index contributed by atoms with van der Waals surface area (Å²) < 4.78 is 10.1. The van der Waals surface area contributed by atoms with Crippen molar-refractivity contribution in [1.29, 1.82) is 0 Å². The zero-order valence-electron chi connectivity index (χ0n) is 13.2. The minimum absolute atomic E-state index is 0.702. The Kier molecular flexibility index (Phi) is 2.64. The molecule has 4 rings (SSSR count). The van der Waals surface area contributed by atoms with E-state index in [0.717, 1.165) is 11.1 Å². The molecule has 4 heteroatoms. The molecule has 0 fully saturated rings. The Morgan fingerprint density at radius 1 is 1.14 bits per heavy atom. The number of aryl methyl sites for hydroxylation is 4. The first-order valence-electron chi connectivity index (χ1n) is 7.38. The van der Waals surface area contributed by atoms with Gasteiger partial charge in [0.05, 0.1) is 19.7 Å². The Balaban J connectivity index is 2.08. The summed E-state index contributed by atoms with van der Waals surface area (Å²) in [6.07, 6.45) is 0. The molecule has 2 aromatic heterocycles. The number of hydrogen-bond acceptors (Lipinski definition) is 2. The zero-order chi connectivity index (χ0) is 15.4. The van der Waals surface area contributed by atoms with Gasteiger partial charge in [0.2, 0.25) is 0 Å². The molecule has 110 valence electrons. The predicted octanol–water partition coefficient (Wildman–Crippen LogP) is 3.43. The van der Waals surface area contributed by atoms with Crippen LogP contribution in [0.25, 0.3) is 33.5 Å². The number of fused-ring (bicyclic) bond motifs is 2. The van der Waals surface area contributed by atoms with Crippen LogP contribution in [0.3, 0.4) is 0 Å². The van der Waals surface area contributed by atoms with E-state index in [9.17, 15) is 0 Å². The molecule has 4 nitrogen and oxygen atoms in total. The van der Waals surface area contributed by atoms with Crippen molar-refractivity contribution >= 4 is 22.1 Å². The number of nitrogens with zero attached hydrogens (tertiary/aromatic N) is 3. The van der Waals surface area contributed by atoms with Crippen molar-refractivity contribution in [2.45, 2.75) is 13.8 Å². The highest BCUT2D eigenvalue weighted by Gasteiger charge is 2.23. The summed E-state index contributed by atoms with van der Waals surface area (Å²) in [6.45, 7) is 4.00. The van der Waals surface area contributed by atoms with Gasteiger partial charge in [0, 0.05) is 6.92 Å². The second-order valence-corrected chi connectivity index (χ2v) is 5.80. The summed E-state index contributed by atoms with van der Waals surface area (Å²) in [7, 11) is 4.21. The van der Waals surface area contributed by atoms with Crippen molar-refractivity contribution in [2.24, 2.45) is 14.1 Å². The third-order valence-corrected chi connectivity index (χ3v) is 4.32. The van der Waals surface area contributed by atoms with Crippen molar-refractivity contribution in [3.05, 3.63) is 47.9 Å². The molecule has 0 aliphatic heterocycles. The predicted molar refractivity (Wildman–Crippen MR) is 86.6 cm³/mol. The number of oxazole rings is 1. The van der Waals surface area contributed by atoms with Crippen LogP contribution in [0, 0.1) is 13.8 Å². The number of para-hydroxylation sites is 2. The smallest absolute Gasteiger partial charge is 0.289 e. The normalized spacial score (nSPS) is 11.6. The van der Waals surface area contributed by atoms with Crippen molar-refractivity contribution in [1.82, 2.24) is 9.55 Å². The molecule has 4 aromatic rings. The van der Waals surface area contributed by atoms with Crippen LogP contribution in [0.15, 0.2) is 40.8 Å². The molecule has 0 spiro atoms. The summed E-state index contributed by atoms with van der Waals surface area (Å²) in [5, 5.41) is 0. The summed E-state index contributed by atoms with van der Waals surface area (Å²) in [4.78, 5) is 4.47. The maximum atomic E-state index is 5.63. The van der Waals surface area contributed by atoms with Crippen LogP contribution < -0.4 is 4.57 Å². The molecule has 0 N–H and O–H groups in total. The molecular formula is C18H18N3O+. The van der Waals surface area contributed by atoms with Crippen molar-refractivity contribution in [3.63, 3.8) is 0 Å². The first-order chi connectivity index (χ1) is 10.6. The molecule has 22 heavy (non-hydrogen) atoms. The van der Waals surface area contributed by atoms with Gasteiger partial charge in [-0.1, -0.05) is 12.1 Å². The number of aromatic nitrogens is 3. The lowest BCUT2D eigenvalue weighted by atomic mass is 10.1. The van der Waals surface area contributed by atoms with Crippen LogP contribution in [0.4, 0.5) is 0 Å². The molecule has 0 bridgehead atoms. The molecular weight excluding hydrogens is 274 g/mol. The fourth-order valence-electron chi connectivity index (χ4n) is 3.28. The quantitative estimate of drug-likeness (QED) is 0.504. The van der Waals surface area contributed by atoms with E-state index in [0.29, 0.717) is 5.89 Å². The standard InChI is InChI=1S/C18H18N3O/c1-11-9-17-14(19-12(2)22-17)10-13(11)18-20(3)15-7-5-6-8-16(15)21(18)4/h5-10H,1-4H3/q+1. The van der Waals surface area contributed by atoms with E-state index in [1.165, 1.54) is 28.0 Å². The Bertz CT molecular complexity index is 985. The fraction of sp³-hybridized carbons (Fsp3) is 0.222. The highest BCUT2D eigenvalue weighted by Crippen LogP contribution is 2.28. The average molecular weight is 292 g/mol. The first-order valence-corrected chi connectivity index (χ1v) is 7.38. The van der Waals surface area contributed by atoms with Gasteiger partial charge in [-0.15, -0.1) is 0 Å². The first kappa shape index (κ1) is 13.1. The average Bonchev–Trinajstić information content (AvgIpc) is 2.97. The summed E-state index contributed by atoms with van der Waals surface area (Å²) in [5.41, 5.74) is 6.56. The van der Waals surface area contributed by atoms with Crippen LogP contribution >= 0.6 is 0 Å². The van der Waals surface area contributed by atoms with Gasteiger partial charge in [-0.3, -0.25) is 0 Å². The molecule has 0 saturated heterocycles. The lowest BCUT2D eigenvalue weighted by molar-refractivity contribution is -0.634. The minimum atomic E-state index is 0.702. The molecule has 0 aliphatic carbocycles. The second kappa shape index (κ2) is 4.44.